The van der Waals surface area contributed by atoms with E-state index in [0.717, 1.165) is 18.3 Å². The number of anilines is 1. The van der Waals surface area contributed by atoms with Crippen LogP contribution in [0.1, 0.15) is 31.4 Å². The van der Waals surface area contributed by atoms with E-state index in [1.807, 2.05) is 6.07 Å². The first-order chi connectivity index (χ1) is 9.11. The molecule has 0 amide bonds. The number of nitrogens with zero attached hydrogens (tertiary/aromatic N) is 2. The Balaban J connectivity index is 1.90. The van der Waals surface area contributed by atoms with Crippen molar-refractivity contribution in [1.29, 1.82) is 0 Å². The standard InChI is InChI=1S/C16H27N3/c1-4-13(2)19-10-8-18(9-11-19)12-15-6-5-7-16(17)14(15)3/h5-7,13H,4,8-12,17H2,1-3H3. The van der Waals surface area contributed by atoms with Gasteiger partial charge in [-0.3, -0.25) is 9.80 Å². The average Bonchev–Trinajstić information content (AvgIpc) is 2.44. The zero-order valence-corrected chi connectivity index (χ0v) is 12.5. The van der Waals surface area contributed by atoms with Crippen molar-refractivity contribution in [3.63, 3.8) is 0 Å². The topological polar surface area (TPSA) is 32.5 Å². The monoisotopic (exact) mass is 261 g/mol. The molecular formula is C16H27N3. The SMILES string of the molecule is CCC(C)N1CCN(Cc2cccc(N)c2C)CC1. The minimum atomic E-state index is 0.719. The minimum Gasteiger partial charge on any atom is -0.399 e. The Morgan fingerprint density at radius 1 is 1.21 bits per heavy atom. The number of nitrogen functional groups attached to an aromatic ring is 1. The molecule has 1 atom stereocenters. The Hall–Kier alpha value is -1.06. The molecule has 1 saturated heterocycles. The third-order valence-corrected chi connectivity index (χ3v) is 4.50. The van der Waals surface area contributed by atoms with E-state index in [-0.39, 0.29) is 0 Å². The Morgan fingerprint density at radius 3 is 2.53 bits per heavy atom. The molecule has 19 heavy (non-hydrogen) atoms. The highest BCUT2D eigenvalue weighted by Gasteiger charge is 2.20. The first kappa shape index (κ1) is 14.4. The summed E-state index contributed by atoms with van der Waals surface area (Å²) < 4.78 is 0. The normalized spacial score (nSPS) is 19.5. The maximum absolute atomic E-state index is 5.98. The largest absolute Gasteiger partial charge is 0.399 e. The third kappa shape index (κ3) is 3.48. The fourth-order valence-electron chi connectivity index (χ4n) is 2.74. The minimum absolute atomic E-state index is 0.719. The van der Waals surface area contributed by atoms with Crippen molar-refractivity contribution in [2.75, 3.05) is 31.9 Å². The van der Waals surface area contributed by atoms with Gasteiger partial charge in [0.05, 0.1) is 0 Å². The smallest absolute Gasteiger partial charge is 0.0346 e. The molecule has 0 spiro atoms. The maximum atomic E-state index is 5.98. The number of hydrogen-bond acceptors (Lipinski definition) is 3. The number of piperazine rings is 1. The summed E-state index contributed by atoms with van der Waals surface area (Å²) in [4.78, 5) is 5.14. The van der Waals surface area contributed by atoms with Crippen LogP contribution in [-0.4, -0.2) is 42.0 Å². The van der Waals surface area contributed by atoms with Gasteiger partial charge in [0.1, 0.15) is 0 Å². The Bertz CT molecular complexity index is 408. The first-order valence-corrected chi connectivity index (χ1v) is 7.42. The van der Waals surface area contributed by atoms with Crippen LogP contribution in [0.3, 0.4) is 0 Å². The average molecular weight is 261 g/mol. The Labute approximate surface area is 117 Å². The molecule has 3 nitrogen and oxygen atoms in total. The molecule has 1 unspecified atom stereocenters. The molecule has 1 aromatic carbocycles. The molecule has 0 saturated carbocycles. The lowest BCUT2D eigenvalue weighted by atomic mass is 10.1. The Morgan fingerprint density at radius 2 is 1.89 bits per heavy atom. The van der Waals surface area contributed by atoms with Gasteiger partial charge in [0.2, 0.25) is 0 Å². The predicted molar refractivity (Wildman–Crippen MR) is 82.2 cm³/mol. The van der Waals surface area contributed by atoms with Crippen molar-refractivity contribution in [2.45, 2.75) is 39.8 Å². The van der Waals surface area contributed by atoms with Crippen LogP contribution in [0, 0.1) is 6.92 Å². The molecule has 1 heterocycles. The summed E-state index contributed by atoms with van der Waals surface area (Å²) in [7, 11) is 0. The van der Waals surface area contributed by atoms with Gasteiger partial charge >= 0.3 is 0 Å². The second-order valence-corrected chi connectivity index (χ2v) is 5.70. The van der Waals surface area contributed by atoms with E-state index < -0.39 is 0 Å². The van der Waals surface area contributed by atoms with Crippen LogP contribution < -0.4 is 5.73 Å². The zero-order valence-electron chi connectivity index (χ0n) is 12.5. The van der Waals surface area contributed by atoms with E-state index >= 15 is 0 Å². The van der Waals surface area contributed by atoms with Gasteiger partial charge in [-0.1, -0.05) is 19.1 Å². The van der Waals surface area contributed by atoms with Crippen molar-refractivity contribution >= 4 is 5.69 Å². The predicted octanol–water partition coefficient (Wildman–Crippen LogP) is 2.49. The van der Waals surface area contributed by atoms with Crippen molar-refractivity contribution in [2.24, 2.45) is 0 Å². The molecular weight excluding hydrogens is 234 g/mol. The van der Waals surface area contributed by atoms with Crippen molar-refractivity contribution < 1.29 is 0 Å². The van der Waals surface area contributed by atoms with Crippen molar-refractivity contribution in [1.82, 2.24) is 9.80 Å². The highest BCUT2D eigenvalue weighted by molar-refractivity contribution is 5.49. The fourth-order valence-corrected chi connectivity index (χ4v) is 2.74. The fraction of sp³-hybridized carbons (Fsp3) is 0.625. The molecule has 1 aliphatic heterocycles. The van der Waals surface area contributed by atoms with Gasteiger partial charge in [0.25, 0.3) is 0 Å². The number of hydrogen-bond donors (Lipinski definition) is 1. The first-order valence-electron chi connectivity index (χ1n) is 7.42. The summed E-state index contributed by atoms with van der Waals surface area (Å²) >= 11 is 0. The third-order valence-electron chi connectivity index (χ3n) is 4.50. The quantitative estimate of drug-likeness (QED) is 0.845. The van der Waals surface area contributed by atoms with E-state index in [2.05, 4.69) is 42.7 Å². The molecule has 3 heteroatoms. The van der Waals surface area contributed by atoms with Crippen molar-refractivity contribution in [3.05, 3.63) is 29.3 Å². The van der Waals surface area contributed by atoms with E-state index in [4.69, 9.17) is 5.73 Å². The van der Waals surface area contributed by atoms with Gasteiger partial charge in [-0.05, 0) is 37.5 Å². The summed E-state index contributed by atoms with van der Waals surface area (Å²) in [5, 5.41) is 0. The van der Waals surface area contributed by atoms with Crippen LogP contribution in [-0.2, 0) is 6.54 Å². The van der Waals surface area contributed by atoms with Gasteiger partial charge in [0.15, 0.2) is 0 Å². The van der Waals surface area contributed by atoms with Gasteiger partial charge in [0, 0.05) is 44.5 Å². The zero-order chi connectivity index (χ0) is 13.8. The molecule has 1 fully saturated rings. The lowest BCUT2D eigenvalue weighted by Gasteiger charge is -2.38. The van der Waals surface area contributed by atoms with Crippen LogP contribution in [0.15, 0.2) is 18.2 Å². The summed E-state index contributed by atoms with van der Waals surface area (Å²) in [5.41, 5.74) is 9.51. The second kappa shape index (κ2) is 6.40. The molecule has 1 aromatic rings. The molecule has 1 aliphatic rings. The van der Waals surface area contributed by atoms with E-state index in [0.29, 0.717) is 0 Å². The molecule has 0 bridgehead atoms. The van der Waals surface area contributed by atoms with Gasteiger partial charge < -0.3 is 5.73 Å². The Kier molecular flexibility index (Phi) is 4.83. The summed E-state index contributed by atoms with van der Waals surface area (Å²) in [6.07, 6.45) is 1.24. The number of benzene rings is 1. The van der Waals surface area contributed by atoms with Gasteiger partial charge in [-0.25, -0.2) is 0 Å². The molecule has 2 rings (SSSR count). The molecule has 2 N–H and O–H groups in total. The van der Waals surface area contributed by atoms with Gasteiger partial charge in [-0.15, -0.1) is 0 Å². The van der Waals surface area contributed by atoms with E-state index in [1.54, 1.807) is 0 Å². The van der Waals surface area contributed by atoms with Crippen LogP contribution in [0.25, 0.3) is 0 Å². The maximum Gasteiger partial charge on any atom is 0.0346 e. The second-order valence-electron chi connectivity index (χ2n) is 5.70. The summed E-state index contributed by atoms with van der Waals surface area (Å²) in [6.45, 7) is 12.5. The van der Waals surface area contributed by atoms with E-state index in [1.165, 1.54) is 43.7 Å². The molecule has 0 aromatic heterocycles. The lowest BCUT2D eigenvalue weighted by Crippen LogP contribution is -2.49. The van der Waals surface area contributed by atoms with Crippen LogP contribution in [0.2, 0.25) is 0 Å². The van der Waals surface area contributed by atoms with E-state index in [9.17, 15) is 0 Å². The van der Waals surface area contributed by atoms with Crippen LogP contribution >= 0.6 is 0 Å². The molecule has 0 radical (unpaired) electrons. The van der Waals surface area contributed by atoms with Gasteiger partial charge in [-0.2, -0.15) is 0 Å². The number of nitrogens with two attached hydrogens (primary N) is 1. The van der Waals surface area contributed by atoms with Crippen LogP contribution in [0.4, 0.5) is 5.69 Å². The van der Waals surface area contributed by atoms with Crippen molar-refractivity contribution in [3.8, 4) is 0 Å². The van der Waals surface area contributed by atoms with Crippen LogP contribution in [0.5, 0.6) is 0 Å². The molecule has 106 valence electrons. The molecule has 0 aliphatic carbocycles. The lowest BCUT2D eigenvalue weighted by molar-refractivity contribution is 0.0963. The number of rotatable bonds is 4. The summed E-state index contributed by atoms with van der Waals surface area (Å²) in [6, 6.07) is 6.97. The highest BCUT2D eigenvalue weighted by Crippen LogP contribution is 2.18. The highest BCUT2D eigenvalue weighted by atomic mass is 15.3. The summed E-state index contributed by atoms with van der Waals surface area (Å²) in [5.74, 6) is 0.